The third-order valence-corrected chi connectivity index (χ3v) is 5.42. The summed E-state index contributed by atoms with van der Waals surface area (Å²) in [6.45, 7) is 7.21. The third-order valence-electron chi connectivity index (χ3n) is 3.68. The Kier molecular flexibility index (Phi) is 5.43. The Morgan fingerprint density at radius 2 is 1.92 bits per heavy atom. The fraction of sp³-hybridized carbons (Fsp3) is 0.263. The Bertz CT molecular complexity index is 866. The monoisotopic (exact) mass is 355 g/mol. The average molecular weight is 356 g/mol. The van der Waals surface area contributed by atoms with Crippen LogP contribution in [-0.4, -0.2) is 17.4 Å². The molecule has 5 heteroatoms. The number of hydrogen-bond acceptors (Lipinski definition) is 4. The largest absolute Gasteiger partial charge is 0.258 e. The minimum atomic E-state index is 0.544. The van der Waals surface area contributed by atoms with Crippen LogP contribution in [0.15, 0.2) is 57.3 Å². The van der Waals surface area contributed by atoms with E-state index >= 15 is 0 Å². The van der Waals surface area contributed by atoms with Crippen LogP contribution in [0.2, 0.25) is 0 Å². The van der Waals surface area contributed by atoms with Crippen LogP contribution in [-0.2, 0) is 0 Å². The van der Waals surface area contributed by atoms with Crippen molar-refractivity contribution in [2.45, 2.75) is 26.7 Å². The van der Waals surface area contributed by atoms with Gasteiger partial charge in [-0.15, -0.1) is 22.7 Å². The van der Waals surface area contributed by atoms with E-state index in [-0.39, 0.29) is 0 Å². The summed E-state index contributed by atoms with van der Waals surface area (Å²) in [7, 11) is 0. The zero-order valence-electron chi connectivity index (χ0n) is 14.1. The van der Waals surface area contributed by atoms with Gasteiger partial charge in [0.25, 0.3) is 0 Å². The number of nitrogens with zero attached hydrogens (tertiary/aromatic N) is 3. The van der Waals surface area contributed by atoms with Crippen molar-refractivity contribution in [2.24, 2.45) is 10.1 Å². The highest BCUT2D eigenvalue weighted by atomic mass is 32.1. The first-order valence-electron chi connectivity index (χ1n) is 8.08. The van der Waals surface area contributed by atoms with E-state index in [4.69, 9.17) is 5.10 Å². The van der Waals surface area contributed by atoms with Crippen molar-refractivity contribution in [3.05, 3.63) is 63.1 Å². The molecule has 0 radical (unpaired) electrons. The normalized spacial score (nSPS) is 12.6. The minimum absolute atomic E-state index is 0.544. The SMILES string of the molecule is CCN=c1scc(-c2cccs2)n1N=Cc1ccc(C(C)C)cc1. The number of benzene rings is 1. The Balaban J connectivity index is 1.96. The van der Waals surface area contributed by atoms with E-state index in [1.54, 1.807) is 22.7 Å². The zero-order valence-corrected chi connectivity index (χ0v) is 15.8. The second-order valence-electron chi connectivity index (χ2n) is 5.73. The summed E-state index contributed by atoms with van der Waals surface area (Å²) in [5.74, 6) is 0.544. The number of rotatable bonds is 5. The van der Waals surface area contributed by atoms with Crippen molar-refractivity contribution >= 4 is 28.9 Å². The summed E-state index contributed by atoms with van der Waals surface area (Å²) < 4.78 is 1.94. The number of aromatic nitrogens is 1. The van der Waals surface area contributed by atoms with Crippen LogP contribution in [0.1, 0.15) is 37.8 Å². The molecule has 1 aromatic carbocycles. The number of thiazole rings is 1. The smallest absolute Gasteiger partial charge is 0.206 e. The Morgan fingerprint density at radius 3 is 2.54 bits per heavy atom. The fourth-order valence-electron chi connectivity index (χ4n) is 2.34. The molecule has 3 aromatic rings. The van der Waals surface area contributed by atoms with Crippen LogP contribution in [0, 0.1) is 0 Å². The molecule has 3 rings (SSSR count). The maximum Gasteiger partial charge on any atom is 0.206 e. The van der Waals surface area contributed by atoms with Gasteiger partial charge < -0.3 is 0 Å². The van der Waals surface area contributed by atoms with Crippen LogP contribution in [0.4, 0.5) is 0 Å². The van der Waals surface area contributed by atoms with E-state index in [1.165, 1.54) is 10.4 Å². The molecule has 0 saturated heterocycles. The summed E-state index contributed by atoms with van der Waals surface area (Å²) in [6.07, 6.45) is 1.91. The lowest BCUT2D eigenvalue weighted by Gasteiger charge is -2.05. The summed E-state index contributed by atoms with van der Waals surface area (Å²) in [4.78, 5) is 6.69. The maximum absolute atomic E-state index is 4.70. The van der Waals surface area contributed by atoms with E-state index in [9.17, 15) is 0 Å². The van der Waals surface area contributed by atoms with Gasteiger partial charge in [-0.2, -0.15) is 5.10 Å². The van der Waals surface area contributed by atoms with E-state index in [2.05, 4.69) is 66.0 Å². The van der Waals surface area contributed by atoms with Crippen molar-refractivity contribution in [1.29, 1.82) is 0 Å². The maximum atomic E-state index is 4.70. The molecular weight excluding hydrogens is 334 g/mol. The van der Waals surface area contributed by atoms with Crippen molar-refractivity contribution < 1.29 is 0 Å². The predicted octanol–water partition coefficient (Wildman–Crippen LogP) is 5.20. The third kappa shape index (κ3) is 3.74. The lowest BCUT2D eigenvalue weighted by atomic mass is 10.0. The summed E-state index contributed by atoms with van der Waals surface area (Å²) in [5, 5.41) is 8.91. The molecule has 0 bridgehead atoms. The number of hydrogen-bond donors (Lipinski definition) is 0. The standard InChI is InChI=1S/C19H21N3S2/c1-4-20-19-22(17(13-24-19)18-6-5-11-23-18)21-12-15-7-9-16(10-8-15)14(2)3/h5-14H,4H2,1-3H3. The highest BCUT2D eigenvalue weighted by molar-refractivity contribution is 7.14. The number of thiophene rings is 1. The Hall–Kier alpha value is -1.98. The molecular formula is C19H21N3S2. The van der Waals surface area contributed by atoms with E-state index in [0.29, 0.717) is 5.92 Å². The van der Waals surface area contributed by atoms with Crippen LogP contribution >= 0.6 is 22.7 Å². The highest BCUT2D eigenvalue weighted by Crippen LogP contribution is 2.25. The van der Waals surface area contributed by atoms with E-state index in [0.717, 1.165) is 22.6 Å². The molecule has 0 saturated carbocycles. The lowest BCUT2D eigenvalue weighted by molar-refractivity contribution is 0.834. The minimum Gasteiger partial charge on any atom is -0.258 e. The van der Waals surface area contributed by atoms with Gasteiger partial charge in [0.15, 0.2) is 0 Å². The quantitative estimate of drug-likeness (QED) is 0.563. The molecule has 3 nitrogen and oxygen atoms in total. The van der Waals surface area contributed by atoms with Gasteiger partial charge in [-0.05, 0) is 35.4 Å². The fourth-order valence-corrected chi connectivity index (χ4v) is 4.04. The van der Waals surface area contributed by atoms with Gasteiger partial charge in [0.05, 0.1) is 16.8 Å². The molecule has 0 atom stereocenters. The first-order valence-corrected chi connectivity index (χ1v) is 9.84. The Morgan fingerprint density at radius 1 is 1.12 bits per heavy atom. The van der Waals surface area contributed by atoms with Gasteiger partial charge in [-0.1, -0.05) is 44.2 Å². The first kappa shape index (κ1) is 16.9. The molecule has 0 unspecified atom stereocenters. The van der Waals surface area contributed by atoms with Crippen molar-refractivity contribution in [2.75, 3.05) is 6.54 Å². The molecule has 0 spiro atoms. The van der Waals surface area contributed by atoms with Crippen molar-refractivity contribution in [3.8, 4) is 10.6 Å². The van der Waals surface area contributed by atoms with Gasteiger partial charge in [0, 0.05) is 11.9 Å². The van der Waals surface area contributed by atoms with Gasteiger partial charge in [-0.3, -0.25) is 4.99 Å². The summed E-state index contributed by atoms with van der Waals surface area (Å²) in [5.41, 5.74) is 3.53. The topological polar surface area (TPSA) is 29.6 Å². The highest BCUT2D eigenvalue weighted by Gasteiger charge is 2.07. The van der Waals surface area contributed by atoms with Crippen LogP contribution < -0.4 is 4.80 Å². The molecule has 24 heavy (non-hydrogen) atoms. The van der Waals surface area contributed by atoms with E-state index in [1.807, 2.05) is 17.8 Å². The van der Waals surface area contributed by atoms with E-state index < -0.39 is 0 Å². The summed E-state index contributed by atoms with van der Waals surface area (Å²) >= 11 is 3.35. The molecule has 2 aromatic heterocycles. The van der Waals surface area contributed by atoms with Crippen molar-refractivity contribution in [3.63, 3.8) is 0 Å². The second-order valence-corrected chi connectivity index (χ2v) is 7.52. The molecule has 0 amide bonds. The molecule has 2 heterocycles. The van der Waals surface area contributed by atoms with Crippen LogP contribution in [0.5, 0.6) is 0 Å². The van der Waals surface area contributed by atoms with Crippen molar-refractivity contribution in [1.82, 2.24) is 4.68 Å². The first-order chi connectivity index (χ1) is 11.7. The lowest BCUT2D eigenvalue weighted by Crippen LogP contribution is -2.12. The molecule has 0 N–H and O–H groups in total. The van der Waals surface area contributed by atoms with Crippen LogP contribution in [0.3, 0.4) is 0 Å². The Labute approximate surface area is 150 Å². The molecule has 0 fully saturated rings. The second kappa shape index (κ2) is 7.73. The zero-order chi connectivity index (χ0) is 16.9. The predicted molar refractivity (Wildman–Crippen MR) is 105 cm³/mol. The van der Waals surface area contributed by atoms with Gasteiger partial charge in [0.2, 0.25) is 4.80 Å². The summed E-state index contributed by atoms with van der Waals surface area (Å²) in [6, 6.07) is 12.8. The van der Waals surface area contributed by atoms with Gasteiger partial charge >= 0.3 is 0 Å². The van der Waals surface area contributed by atoms with Crippen LogP contribution in [0.25, 0.3) is 10.6 Å². The average Bonchev–Trinajstić information content (AvgIpc) is 3.23. The molecule has 124 valence electrons. The molecule has 0 aliphatic heterocycles. The molecule has 0 aliphatic carbocycles. The van der Waals surface area contributed by atoms with Gasteiger partial charge in [0.1, 0.15) is 0 Å². The van der Waals surface area contributed by atoms with Gasteiger partial charge in [-0.25, -0.2) is 4.68 Å². The molecule has 0 aliphatic rings.